The molecule has 1 N–H and O–H groups in total. The van der Waals surface area contributed by atoms with Crippen LogP contribution in [0.15, 0.2) is 28.7 Å². The van der Waals surface area contributed by atoms with Crippen molar-refractivity contribution in [3.8, 4) is 0 Å². The highest BCUT2D eigenvalue weighted by molar-refractivity contribution is 9.10. The van der Waals surface area contributed by atoms with E-state index in [1.54, 1.807) is 0 Å². The molecule has 0 aliphatic carbocycles. The van der Waals surface area contributed by atoms with Crippen molar-refractivity contribution in [1.29, 1.82) is 0 Å². The zero-order valence-corrected chi connectivity index (χ0v) is 13.0. The van der Waals surface area contributed by atoms with Crippen LogP contribution in [-0.4, -0.2) is 31.1 Å². The van der Waals surface area contributed by atoms with Crippen LogP contribution in [0.2, 0.25) is 0 Å². The first-order chi connectivity index (χ1) is 9.33. The predicted octanol–water partition coefficient (Wildman–Crippen LogP) is 3.59. The predicted molar refractivity (Wildman–Crippen MR) is 83.3 cm³/mol. The minimum atomic E-state index is 0.646. The topological polar surface area (TPSA) is 15.3 Å². The highest BCUT2D eigenvalue weighted by Gasteiger charge is 2.28. The van der Waals surface area contributed by atoms with Crippen molar-refractivity contribution >= 4 is 15.9 Å². The average Bonchev–Trinajstić information content (AvgIpc) is 2.88. The van der Waals surface area contributed by atoms with Gasteiger partial charge in [0.2, 0.25) is 0 Å². The molecule has 0 bridgehead atoms. The lowest BCUT2D eigenvalue weighted by atomic mass is 9.96. The van der Waals surface area contributed by atoms with Crippen molar-refractivity contribution in [2.75, 3.05) is 26.2 Å². The van der Waals surface area contributed by atoms with Gasteiger partial charge in [-0.1, -0.05) is 28.1 Å². The first kappa shape index (κ1) is 13.6. The van der Waals surface area contributed by atoms with E-state index in [1.807, 2.05) is 0 Å². The fraction of sp³-hybridized carbons (Fsp3) is 0.625. The van der Waals surface area contributed by atoms with E-state index in [9.17, 15) is 0 Å². The van der Waals surface area contributed by atoms with Crippen LogP contribution in [0.3, 0.4) is 0 Å². The van der Waals surface area contributed by atoms with E-state index in [1.165, 1.54) is 61.9 Å². The Hall–Kier alpha value is -0.380. The molecule has 1 aromatic rings. The van der Waals surface area contributed by atoms with Crippen LogP contribution in [0, 0.1) is 5.92 Å². The minimum Gasteiger partial charge on any atom is -0.317 e. The number of likely N-dealkylation sites (tertiary alicyclic amines) is 1. The average molecular weight is 323 g/mol. The Bertz CT molecular complexity index is 415. The van der Waals surface area contributed by atoms with E-state index in [0.717, 1.165) is 5.92 Å². The zero-order chi connectivity index (χ0) is 13.1. The molecule has 1 unspecified atom stereocenters. The Morgan fingerprint density at radius 2 is 2.05 bits per heavy atom. The van der Waals surface area contributed by atoms with Crippen molar-refractivity contribution in [1.82, 2.24) is 10.2 Å². The second-order valence-electron chi connectivity index (χ2n) is 5.90. The van der Waals surface area contributed by atoms with Crippen molar-refractivity contribution < 1.29 is 0 Å². The second kappa shape index (κ2) is 6.38. The van der Waals surface area contributed by atoms with Crippen molar-refractivity contribution in [3.63, 3.8) is 0 Å². The molecule has 2 heterocycles. The van der Waals surface area contributed by atoms with Gasteiger partial charge >= 0.3 is 0 Å². The van der Waals surface area contributed by atoms with E-state index in [0.29, 0.717) is 6.04 Å². The summed E-state index contributed by atoms with van der Waals surface area (Å²) in [6, 6.07) is 9.52. The van der Waals surface area contributed by atoms with Crippen LogP contribution in [0.5, 0.6) is 0 Å². The molecule has 3 rings (SSSR count). The van der Waals surface area contributed by atoms with E-state index >= 15 is 0 Å². The summed E-state index contributed by atoms with van der Waals surface area (Å²) in [5.74, 6) is 0.897. The summed E-state index contributed by atoms with van der Waals surface area (Å²) in [6.07, 6.45) is 5.37. The maximum absolute atomic E-state index is 3.60. The van der Waals surface area contributed by atoms with Crippen LogP contribution >= 0.6 is 15.9 Å². The summed E-state index contributed by atoms with van der Waals surface area (Å²) in [6.45, 7) is 4.99. The first-order valence-electron chi connectivity index (χ1n) is 7.53. The Morgan fingerprint density at radius 1 is 1.21 bits per heavy atom. The normalized spacial score (nSPS) is 25.8. The molecule has 2 saturated heterocycles. The van der Waals surface area contributed by atoms with Gasteiger partial charge in [0.1, 0.15) is 0 Å². The third-order valence-corrected chi connectivity index (χ3v) is 5.04. The van der Waals surface area contributed by atoms with Crippen LogP contribution in [0.1, 0.15) is 37.3 Å². The first-order valence-corrected chi connectivity index (χ1v) is 8.32. The fourth-order valence-electron chi connectivity index (χ4n) is 3.53. The largest absolute Gasteiger partial charge is 0.317 e. The van der Waals surface area contributed by atoms with Crippen molar-refractivity contribution in [3.05, 3.63) is 34.3 Å². The summed E-state index contributed by atoms with van der Waals surface area (Å²) in [5, 5.41) is 3.47. The number of halogens is 1. The molecule has 2 fully saturated rings. The number of nitrogens with one attached hydrogen (secondary N) is 1. The monoisotopic (exact) mass is 322 g/mol. The van der Waals surface area contributed by atoms with E-state index in [-0.39, 0.29) is 0 Å². The molecule has 1 aromatic carbocycles. The maximum atomic E-state index is 3.60. The summed E-state index contributed by atoms with van der Waals surface area (Å²) in [4.78, 5) is 2.72. The summed E-state index contributed by atoms with van der Waals surface area (Å²) in [7, 11) is 0. The molecule has 0 spiro atoms. The van der Waals surface area contributed by atoms with Gasteiger partial charge in [-0.2, -0.15) is 0 Å². The molecular formula is C16H23BrN2. The third-order valence-electron chi connectivity index (χ3n) is 4.55. The number of hydrogen-bond acceptors (Lipinski definition) is 2. The number of hydrogen-bond donors (Lipinski definition) is 1. The van der Waals surface area contributed by atoms with Gasteiger partial charge in [-0.15, -0.1) is 0 Å². The van der Waals surface area contributed by atoms with E-state index in [4.69, 9.17) is 0 Å². The molecule has 0 aromatic heterocycles. The number of rotatable bonds is 3. The Morgan fingerprint density at radius 3 is 2.84 bits per heavy atom. The van der Waals surface area contributed by atoms with Gasteiger partial charge in [0.15, 0.2) is 0 Å². The maximum Gasteiger partial charge on any atom is 0.0349 e. The van der Waals surface area contributed by atoms with Gasteiger partial charge in [0, 0.05) is 17.1 Å². The fourth-order valence-corrected chi connectivity index (χ4v) is 3.95. The molecule has 2 nitrogen and oxygen atoms in total. The van der Waals surface area contributed by atoms with Crippen LogP contribution in [0.25, 0.3) is 0 Å². The van der Waals surface area contributed by atoms with Gasteiger partial charge in [-0.25, -0.2) is 0 Å². The van der Waals surface area contributed by atoms with Gasteiger partial charge in [-0.05, 0) is 68.9 Å². The molecule has 0 saturated carbocycles. The van der Waals surface area contributed by atoms with Crippen molar-refractivity contribution in [2.45, 2.75) is 31.7 Å². The Balaban J connectivity index is 1.67. The molecular weight excluding hydrogens is 300 g/mol. The second-order valence-corrected chi connectivity index (χ2v) is 6.82. The molecule has 2 aliphatic rings. The van der Waals surface area contributed by atoms with Crippen molar-refractivity contribution in [2.24, 2.45) is 5.92 Å². The minimum absolute atomic E-state index is 0.646. The van der Waals surface area contributed by atoms with Crippen LogP contribution < -0.4 is 5.32 Å². The number of benzene rings is 1. The molecule has 0 radical (unpaired) electrons. The molecule has 2 aliphatic heterocycles. The van der Waals surface area contributed by atoms with Gasteiger partial charge in [0.05, 0.1) is 0 Å². The third kappa shape index (κ3) is 3.39. The highest BCUT2D eigenvalue weighted by atomic mass is 79.9. The molecule has 3 heteroatoms. The highest BCUT2D eigenvalue weighted by Crippen LogP contribution is 2.34. The quantitative estimate of drug-likeness (QED) is 0.914. The van der Waals surface area contributed by atoms with Gasteiger partial charge in [0.25, 0.3) is 0 Å². The lowest BCUT2D eigenvalue weighted by Gasteiger charge is -2.31. The van der Waals surface area contributed by atoms with E-state index in [2.05, 4.69) is 50.4 Å². The number of piperidine rings is 1. The number of nitrogens with zero attached hydrogens (tertiary/aromatic N) is 1. The van der Waals surface area contributed by atoms with Crippen LogP contribution in [-0.2, 0) is 0 Å². The van der Waals surface area contributed by atoms with Crippen LogP contribution in [0.4, 0.5) is 0 Å². The Labute approximate surface area is 124 Å². The summed E-state index contributed by atoms with van der Waals surface area (Å²) < 4.78 is 1.21. The summed E-state index contributed by atoms with van der Waals surface area (Å²) in [5.41, 5.74) is 1.49. The molecule has 19 heavy (non-hydrogen) atoms. The van der Waals surface area contributed by atoms with E-state index < -0.39 is 0 Å². The van der Waals surface area contributed by atoms with Gasteiger partial charge < -0.3 is 5.32 Å². The zero-order valence-electron chi connectivity index (χ0n) is 11.4. The summed E-state index contributed by atoms with van der Waals surface area (Å²) >= 11 is 3.60. The van der Waals surface area contributed by atoms with Gasteiger partial charge in [-0.3, -0.25) is 4.90 Å². The Kier molecular flexibility index (Phi) is 4.57. The SMILES string of the molecule is Brc1cccc(C2CCCN2CC2CCNCC2)c1. The smallest absolute Gasteiger partial charge is 0.0349 e. The standard InChI is InChI=1S/C16H23BrN2/c17-15-4-1-3-14(11-15)16-5-2-10-19(16)12-13-6-8-18-9-7-13/h1,3-4,11,13,16,18H,2,5-10,12H2. The lowest BCUT2D eigenvalue weighted by Crippen LogP contribution is -2.36. The molecule has 104 valence electrons. The lowest BCUT2D eigenvalue weighted by molar-refractivity contribution is 0.193. The molecule has 0 amide bonds. The molecule has 1 atom stereocenters.